The molecule has 1 aliphatic carbocycles. The molecule has 0 nitrogen and oxygen atoms in total. The summed E-state index contributed by atoms with van der Waals surface area (Å²) >= 11 is 0. The molecule has 0 aliphatic heterocycles. The number of hydrogen-bond donors (Lipinski definition) is 0. The highest BCUT2D eigenvalue weighted by atomic mass is 19.1. The number of rotatable bonds is 6. The van der Waals surface area contributed by atoms with E-state index in [0.29, 0.717) is 12.8 Å². The van der Waals surface area contributed by atoms with E-state index in [0.717, 1.165) is 24.0 Å². The maximum absolute atomic E-state index is 14.6. The minimum Gasteiger partial charge on any atom is -0.211 e. The molecule has 0 amide bonds. The summed E-state index contributed by atoms with van der Waals surface area (Å²) in [5.74, 6) is -0.0822. The van der Waals surface area contributed by atoms with Crippen molar-refractivity contribution >= 4 is 5.57 Å². The summed E-state index contributed by atoms with van der Waals surface area (Å²) in [5.41, 5.74) is 4.15. The molecule has 0 N–H and O–H groups in total. The second kappa shape index (κ2) is 8.42. The molecule has 2 aromatic rings. The van der Waals surface area contributed by atoms with Crippen LogP contribution in [0, 0.1) is 5.82 Å². The van der Waals surface area contributed by atoms with Crippen LogP contribution in [0.2, 0.25) is 0 Å². The van der Waals surface area contributed by atoms with Crippen molar-refractivity contribution in [3.8, 4) is 0 Å². The lowest BCUT2D eigenvalue weighted by Crippen LogP contribution is -2.07. The van der Waals surface area contributed by atoms with E-state index >= 15 is 0 Å². The van der Waals surface area contributed by atoms with E-state index in [1.807, 2.05) is 0 Å². The maximum atomic E-state index is 14.6. The third kappa shape index (κ3) is 4.56. The lowest BCUT2D eigenvalue weighted by molar-refractivity contribution is 0.497. The van der Waals surface area contributed by atoms with Crippen molar-refractivity contribution in [1.82, 2.24) is 0 Å². The third-order valence-corrected chi connectivity index (χ3v) is 5.21. The molecule has 0 saturated carbocycles. The Morgan fingerprint density at radius 2 is 1.64 bits per heavy atom. The van der Waals surface area contributed by atoms with Crippen LogP contribution in [0.4, 0.5) is 8.78 Å². The molecule has 25 heavy (non-hydrogen) atoms. The second-order valence-electron chi connectivity index (χ2n) is 7.03. The Kier molecular flexibility index (Phi) is 6.01. The molecule has 2 heteroatoms. The van der Waals surface area contributed by atoms with Crippen LogP contribution in [0.25, 0.3) is 5.57 Å². The number of aryl methyl sites for hydroxylation is 1. The first-order chi connectivity index (χ1) is 12.2. The van der Waals surface area contributed by atoms with Crippen LogP contribution in [0.1, 0.15) is 68.1 Å². The van der Waals surface area contributed by atoms with Crippen molar-refractivity contribution in [2.24, 2.45) is 0 Å². The molecule has 1 aliphatic rings. The Hall–Kier alpha value is -1.96. The van der Waals surface area contributed by atoms with Crippen LogP contribution in [0.5, 0.6) is 0 Å². The lowest BCUT2D eigenvalue weighted by atomic mass is 9.81. The van der Waals surface area contributed by atoms with Crippen LogP contribution in [-0.4, -0.2) is 0 Å². The number of unbranched alkanes of at least 4 members (excludes halogenated alkanes) is 2. The molecule has 0 bridgehead atoms. The van der Waals surface area contributed by atoms with Gasteiger partial charge in [-0.25, -0.2) is 8.78 Å². The van der Waals surface area contributed by atoms with Crippen molar-refractivity contribution in [1.29, 1.82) is 0 Å². The van der Waals surface area contributed by atoms with Gasteiger partial charge in [-0.15, -0.1) is 0 Å². The maximum Gasteiger partial charge on any atom is 0.123 e. The van der Waals surface area contributed by atoms with Gasteiger partial charge in [-0.2, -0.15) is 0 Å². The zero-order valence-electron chi connectivity index (χ0n) is 14.9. The molecule has 3 rings (SSSR count). The van der Waals surface area contributed by atoms with E-state index in [1.54, 1.807) is 12.1 Å². The van der Waals surface area contributed by atoms with Gasteiger partial charge in [-0.05, 0) is 66.0 Å². The molecule has 0 radical (unpaired) electrons. The summed E-state index contributed by atoms with van der Waals surface area (Å²) in [6, 6.07) is 14.9. The highest BCUT2D eigenvalue weighted by molar-refractivity contribution is 5.68. The number of hydrogen-bond acceptors (Lipinski definition) is 0. The normalized spacial score (nSPS) is 17.8. The van der Waals surface area contributed by atoms with E-state index in [9.17, 15) is 8.78 Å². The number of allylic oxidation sites excluding steroid dienone is 2. The number of halogens is 2. The fourth-order valence-electron chi connectivity index (χ4n) is 3.67. The van der Waals surface area contributed by atoms with Crippen LogP contribution < -0.4 is 0 Å². The van der Waals surface area contributed by atoms with Gasteiger partial charge < -0.3 is 0 Å². The Bertz CT molecular complexity index is 711. The summed E-state index contributed by atoms with van der Waals surface area (Å²) in [5, 5.41) is 0. The molecule has 0 fully saturated rings. The topological polar surface area (TPSA) is 0 Å². The fourth-order valence-corrected chi connectivity index (χ4v) is 3.67. The molecule has 0 saturated heterocycles. The molecule has 1 atom stereocenters. The minimum atomic E-state index is -0.280. The van der Waals surface area contributed by atoms with Crippen LogP contribution in [0.15, 0.2) is 54.4 Å². The number of benzene rings is 2. The first-order valence-corrected chi connectivity index (χ1v) is 9.39. The van der Waals surface area contributed by atoms with Gasteiger partial charge >= 0.3 is 0 Å². The van der Waals surface area contributed by atoms with Gasteiger partial charge in [0, 0.05) is 6.42 Å². The van der Waals surface area contributed by atoms with E-state index in [1.165, 1.54) is 42.5 Å². The third-order valence-electron chi connectivity index (χ3n) is 5.21. The van der Waals surface area contributed by atoms with Crippen molar-refractivity contribution < 1.29 is 8.78 Å². The average molecular weight is 340 g/mol. The van der Waals surface area contributed by atoms with Crippen LogP contribution in [0.3, 0.4) is 0 Å². The van der Waals surface area contributed by atoms with Crippen molar-refractivity contribution in [2.75, 3.05) is 0 Å². The van der Waals surface area contributed by atoms with E-state index in [-0.39, 0.29) is 17.6 Å². The van der Waals surface area contributed by atoms with E-state index in [4.69, 9.17) is 0 Å². The largest absolute Gasteiger partial charge is 0.211 e. The average Bonchev–Trinajstić information content (AvgIpc) is 2.63. The first kappa shape index (κ1) is 17.8. The summed E-state index contributed by atoms with van der Waals surface area (Å²) < 4.78 is 27.7. The van der Waals surface area contributed by atoms with Crippen molar-refractivity contribution in [3.05, 3.63) is 76.9 Å². The zero-order chi connectivity index (χ0) is 17.6. The predicted octanol–water partition coefficient (Wildman–Crippen LogP) is 7.21. The van der Waals surface area contributed by atoms with E-state index in [2.05, 4.69) is 31.2 Å². The van der Waals surface area contributed by atoms with Gasteiger partial charge in [0.2, 0.25) is 0 Å². The van der Waals surface area contributed by atoms with Crippen LogP contribution in [-0.2, 0) is 6.42 Å². The van der Waals surface area contributed by atoms with Gasteiger partial charge in [0.15, 0.2) is 0 Å². The molecule has 0 heterocycles. The Balaban J connectivity index is 1.67. The van der Waals surface area contributed by atoms with Gasteiger partial charge in [0.05, 0.1) is 0 Å². The molecule has 0 spiro atoms. The fraction of sp³-hybridized carbons (Fsp3) is 0.391. The highest BCUT2D eigenvalue weighted by Crippen LogP contribution is 2.40. The summed E-state index contributed by atoms with van der Waals surface area (Å²) in [6.07, 6.45) is 6.96. The van der Waals surface area contributed by atoms with Crippen LogP contribution >= 0.6 is 0 Å². The Labute approximate surface area is 149 Å². The Morgan fingerprint density at radius 1 is 0.920 bits per heavy atom. The quantitative estimate of drug-likeness (QED) is 0.487. The molecular formula is C23H26F2. The molecule has 2 aromatic carbocycles. The summed E-state index contributed by atoms with van der Waals surface area (Å²) in [7, 11) is 0. The van der Waals surface area contributed by atoms with Gasteiger partial charge in [-0.1, -0.05) is 56.2 Å². The molecule has 0 aromatic heterocycles. The SMILES string of the molecule is CCCCCc1ccc([C@@H]2CCC(c3ccc(F)cc3)=C(F)C2)cc1. The molecular weight excluding hydrogens is 314 g/mol. The van der Waals surface area contributed by atoms with Gasteiger partial charge in [0.1, 0.15) is 11.6 Å². The zero-order valence-corrected chi connectivity index (χ0v) is 14.9. The standard InChI is InChI=1S/C23H26F2/c1-2-3-4-5-17-6-8-18(9-7-17)20-12-15-22(23(25)16-20)19-10-13-21(24)14-11-19/h6-11,13-14,20H,2-5,12,15-16H2,1H3/t20-/m1/s1. The van der Waals surface area contributed by atoms with Gasteiger partial charge in [-0.3, -0.25) is 0 Å². The van der Waals surface area contributed by atoms with Crippen molar-refractivity contribution in [3.63, 3.8) is 0 Å². The van der Waals surface area contributed by atoms with Crippen molar-refractivity contribution in [2.45, 2.75) is 57.8 Å². The smallest absolute Gasteiger partial charge is 0.123 e. The van der Waals surface area contributed by atoms with E-state index < -0.39 is 0 Å². The highest BCUT2D eigenvalue weighted by Gasteiger charge is 2.23. The molecule has 132 valence electrons. The monoisotopic (exact) mass is 340 g/mol. The summed E-state index contributed by atoms with van der Waals surface area (Å²) in [4.78, 5) is 0. The second-order valence-corrected chi connectivity index (χ2v) is 7.03. The lowest BCUT2D eigenvalue weighted by Gasteiger charge is -2.24. The predicted molar refractivity (Wildman–Crippen MR) is 101 cm³/mol. The van der Waals surface area contributed by atoms with Gasteiger partial charge in [0.25, 0.3) is 0 Å². The first-order valence-electron chi connectivity index (χ1n) is 9.39. The Morgan fingerprint density at radius 3 is 2.28 bits per heavy atom. The molecule has 0 unspecified atom stereocenters. The summed E-state index contributed by atoms with van der Waals surface area (Å²) in [6.45, 7) is 2.22. The minimum absolute atomic E-state index is 0.0464.